The van der Waals surface area contributed by atoms with Crippen molar-refractivity contribution in [3.8, 4) is 0 Å². The number of imidazole rings is 1. The molecule has 0 radical (unpaired) electrons. The van der Waals surface area contributed by atoms with E-state index in [4.69, 9.17) is 0 Å². The summed E-state index contributed by atoms with van der Waals surface area (Å²) in [7, 11) is 1.99. The van der Waals surface area contributed by atoms with Gasteiger partial charge in [-0.25, -0.2) is 4.98 Å². The highest BCUT2D eigenvalue weighted by atomic mass is 16.3. The van der Waals surface area contributed by atoms with Crippen LogP contribution in [0.5, 0.6) is 0 Å². The van der Waals surface area contributed by atoms with Gasteiger partial charge >= 0.3 is 0 Å². The first-order valence-corrected chi connectivity index (χ1v) is 9.28. The molecule has 0 saturated carbocycles. The van der Waals surface area contributed by atoms with Gasteiger partial charge in [-0.1, -0.05) is 30.3 Å². The Morgan fingerprint density at radius 1 is 1.27 bits per heavy atom. The van der Waals surface area contributed by atoms with E-state index in [-0.39, 0.29) is 12.0 Å². The fourth-order valence-corrected chi connectivity index (χ4v) is 4.05. The average molecular weight is 350 g/mol. The van der Waals surface area contributed by atoms with Gasteiger partial charge in [-0.15, -0.1) is 0 Å². The first-order valence-electron chi connectivity index (χ1n) is 9.28. The molecular weight excluding hydrogens is 324 g/mol. The number of benzene rings is 1. The summed E-state index contributed by atoms with van der Waals surface area (Å²) in [6, 6.07) is 12.8. The number of nitrogens with one attached hydrogen (secondary N) is 1. The van der Waals surface area contributed by atoms with Gasteiger partial charge in [0.05, 0.1) is 12.1 Å². The lowest BCUT2D eigenvalue weighted by Gasteiger charge is -2.40. The van der Waals surface area contributed by atoms with Crippen LogP contribution in [0.15, 0.2) is 61.2 Å². The molecule has 3 aromatic rings. The minimum Gasteiger partial charge on any atom is -0.388 e. The van der Waals surface area contributed by atoms with Crippen molar-refractivity contribution in [2.24, 2.45) is 13.0 Å². The molecule has 136 valence electrons. The SMILES string of the molecule is Cn1ccc(C(O)C2CCN(Cc3ccccc3)C(c3ncc[nH]3)C2)c1. The lowest BCUT2D eigenvalue weighted by Crippen LogP contribution is -2.38. The van der Waals surface area contributed by atoms with Crippen LogP contribution in [-0.2, 0) is 13.6 Å². The lowest BCUT2D eigenvalue weighted by molar-refractivity contribution is 0.0231. The summed E-state index contributed by atoms with van der Waals surface area (Å²) >= 11 is 0. The van der Waals surface area contributed by atoms with E-state index in [9.17, 15) is 5.11 Å². The molecule has 5 nitrogen and oxygen atoms in total. The molecule has 3 unspecified atom stereocenters. The van der Waals surface area contributed by atoms with Gasteiger partial charge in [-0.3, -0.25) is 4.90 Å². The van der Waals surface area contributed by atoms with Gasteiger partial charge in [0.25, 0.3) is 0 Å². The molecule has 3 atom stereocenters. The highest BCUT2D eigenvalue weighted by Gasteiger charge is 2.35. The van der Waals surface area contributed by atoms with Crippen LogP contribution in [0.3, 0.4) is 0 Å². The minimum atomic E-state index is -0.424. The zero-order valence-corrected chi connectivity index (χ0v) is 15.1. The van der Waals surface area contributed by atoms with E-state index < -0.39 is 6.10 Å². The topological polar surface area (TPSA) is 57.1 Å². The summed E-state index contributed by atoms with van der Waals surface area (Å²) in [6.45, 7) is 1.86. The van der Waals surface area contributed by atoms with Gasteiger partial charge in [-0.2, -0.15) is 0 Å². The van der Waals surface area contributed by atoms with E-state index in [2.05, 4.69) is 45.2 Å². The van der Waals surface area contributed by atoms with Crippen molar-refractivity contribution in [1.29, 1.82) is 0 Å². The molecule has 26 heavy (non-hydrogen) atoms. The molecule has 0 aliphatic carbocycles. The van der Waals surface area contributed by atoms with Crippen molar-refractivity contribution >= 4 is 0 Å². The van der Waals surface area contributed by atoms with Gasteiger partial charge in [-0.05, 0) is 42.5 Å². The van der Waals surface area contributed by atoms with Gasteiger partial charge in [0, 0.05) is 38.4 Å². The molecule has 1 saturated heterocycles. The summed E-state index contributed by atoms with van der Waals surface area (Å²) in [5.74, 6) is 1.23. The van der Waals surface area contributed by atoms with E-state index in [1.165, 1.54) is 5.56 Å². The number of nitrogens with zero attached hydrogens (tertiary/aromatic N) is 3. The summed E-state index contributed by atoms with van der Waals surface area (Å²) in [5.41, 5.74) is 2.32. The molecule has 5 heteroatoms. The van der Waals surface area contributed by atoms with Gasteiger partial charge in [0.15, 0.2) is 0 Å². The standard InChI is InChI=1S/C21H26N4O/c1-24-11-7-18(15-24)20(26)17-8-12-25(14-16-5-3-2-4-6-16)19(13-17)21-22-9-10-23-21/h2-7,9-11,15,17,19-20,26H,8,12-14H2,1H3,(H,22,23). The van der Waals surface area contributed by atoms with Gasteiger partial charge < -0.3 is 14.7 Å². The highest BCUT2D eigenvalue weighted by Crippen LogP contribution is 2.39. The van der Waals surface area contributed by atoms with E-state index >= 15 is 0 Å². The summed E-state index contributed by atoms with van der Waals surface area (Å²) in [6.07, 6.45) is 9.17. The smallest absolute Gasteiger partial charge is 0.123 e. The van der Waals surface area contributed by atoms with Crippen LogP contribution in [0.25, 0.3) is 0 Å². The van der Waals surface area contributed by atoms with Gasteiger partial charge in [0.2, 0.25) is 0 Å². The number of likely N-dealkylation sites (tertiary alicyclic amines) is 1. The second-order valence-corrected chi connectivity index (χ2v) is 7.29. The number of piperidine rings is 1. The third-order valence-electron chi connectivity index (χ3n) is 5.46. The molecule has 2 N–H and O–H groups in total. The maximum atomic E-state index is 10.9. The zero-order valence-electron chi connectivity index (χ0n) is 15.1. The quantitative estimate of drug-likeness (QED) is 0.741. The Hall–Kier alpha value is -2.37. The third kappa shape index (κ3) is 3.59. The molecule has 1 aliphatic rings. The predicted octanol–water partition coefficient (Wildman–Crippen LogP) is 3.44. The summed E-state index contributed by atoms with van der Waals surface area (Å²) in [5, 5.41) is 10.9. The Kier molecular flexibility index (Phi) is 4.91. The number of aryl methyl sites for hydroxylation is 1. The molecule has 0 spiro atoms. The maximum Gasteiger partial charge on any atom is 0.123 e. The van der Waals surface area contributed by atoms with Crippen molar-refractivity contribution in [3.63, 3.8) is 0 Å². The van der Waals surface area contributed by atoms with E-state index in [0.717, 1.165) is 37.3 Å². The Balaban J connectivity index is 1.53. The van der Waals surface area contributed by atoms with Crippen LogP contribution < -0.4 is 0 Å². The Labute approximate surface area is 154 Å². The lowest BCUT2D eigenvalue weighted by atomic mass is 9.84. The van der Waals surface area contributed by atoms with Gasteiger partial charge in [0.1, 0.15) is 5.82 Å². The number of aromatic amines is 1. The normalized spacial score (nSPS) is 22.4. The molecule has 0 amide bonds. The van der Waals surface area contributed by atoms with Crippen molar-refractivity contribution < 1.29 is 5.11 Å². The molecular formula is C21H26N4O. The van der Waals surface area contributed by atoms with Crippen LogP contribution >= 0.6 is 0 Å². The highest BCUT2D eigenvalue weighted by molar-refractivity contribution is 5.17. The molecule has 2 aromatic heterocycles. The molecule has 1 aromatic carbocycles. The molecule has 0 bridgehead atoms. The second-order valence-electron chi connectivity index (χ2n) is 7.29. The number of aliphatic hydroxyl groups is 1. The Morgan fingerprint density at radius 3 is 2.81 bits per heavy atom. The van der Waals surface area contributed by atoms with Crippen LogP contribution in [0.2, 0.25) is 0 Å². The molecule has 1 aliphatic heterocycles. The number of aliphatic hydroxyl groups excluding tert-OH is 1. The number of hydrogen-bond donors (Lipinski definition) is 2. The zero-order chi connectivity index (χ0) is 17.9. The Bertz CT molecular complexity index is 812. The van der Waals surface area contributed by atoms with Crippen LogP contribution in [0.1, 0.15) is 41.9 Å². The molecule has 3 heterocycles. The largest absolute Gasteiger partial charge is 0.388 e. The number of rotatable bonds is 5. The third-order valence-corrected chi connectivity index (χ3v) is 5.46. The van der Waals surface area contributed by atoms with E-state index in [0.29, 0.717) is 0 Å². The Morgan fingerprint density at radius 2 is 2.12 bits per heavy atom. The predicted molar refractivity (Wildman–Crippen MR) is 101 cm³/mol. The van der Waals surface area contributed by atoms with Crippen molar-refractivity contribution in [2.45, 2.75) is 31.5 Å². The first-order chi connectivity index (χ1) is 12.7. The summed E-state index contributed by atoms with van der Waals surface area (Å²) in [4.78, 5) is 10.3. The van der Waals surface area contributed by atoms with E-state index in [1.54, 1.807) is 0 Å². The first kappa shape index (κ1) is 17.1. The van der Waals surface area contributed by atoms with Crippen LogP contribution in [0.4, 0.5) is 0 Å². The van der Waals surface area contributed by atoms with Crippen LogP contribution in [-0.4, -0.2) is 31.1 Å². The fraction of sp³-hybridized carbons (Fsp3) is 0.381. The minimum absolute atomic E-state index is 0.197. The maximum absolute atomic E-state index is 10.9. The second kappa shape index (κ2) is 7.48. The van der Waals surface area contributed by atoms with Crippen molar-refractivity contribution in [2.75, 3.05) is 6.54 Å². The van der Waals surface area contributed by atoms with Crippen molar-refractivity contribution in [1.82, 2.24) is 19.4 Å². The number of H-pyrrole nitrogens is 1. The van der Waals surface area contributed by atoms with Crippen molar-refractivity contribution in [3.05, 3.63) is 78.1 Å². The van der Waals surface area contributed by atoms with Crippen LogP contribution in [0, 0.1) is 5.92 Å². The average Bonchev–Trinajstić information content (AvgIpc) is 3.34. The summed E-state index contributed by atoms with van der Waals surface area (Å²) < 4.78 is 1.99. The number of aromatic nitrogens is 3. The fourth-order valence-electron chi connectivity index (χ4n) is 4.05. The molecule has 1 fully saturated rings. The van der Waals surface area contributed by atoms with E-state index in [1.807, 2.05) is 42.5 Å². The number of hydrogen-bond acceptors (Lipinski definition) is 3. The molecule has 4 rings (SSSR count). The monoisotopic (exact) mass is 350 g/mol.